The van der Waals surface area contributed by atoms with Crippen molar-refractivity contribution in [1.29, 1.82) is 0 Å². The van der Waals surface area contributed by atoms with Crippen LogP contribution in [0.5, 0.6) is 0 Å². The molecule has 0 heterocycles. The van der Waals surface area contributed by atoms with Gasteiger partial charge in [0.2, 0.25) is 0 Å². The van der Waals surface area contributed by atoms with E-state index in [2.05, 4.69) is 0 Å². The van der Waals surface area contributed by atoms with Crippen molar-refractivity contribution in [2.24, 2.45) is 5.73 Å². The van der Waals surface area contributed by atoms with Gasteiger partial charge in [-0.3, -0.25) is 4.79 Å². The molecular formula is C11H13ClF3NO2. The molecule has 0 spiro atoms. The second-order valence-electron chi connectivity index (χ2n) is 3.68. The van der Waals surface area contributed by atoms with Crippen LogP contribution in [0.15, 0.2) is 24.3 Å². The van der Waals surface area contributed by atoms with E-state index in [1.54, 1.807) is 0 Å². The molecule has 3 N–H and O–H groups in total. The van der Waals surface area contributed by atoms with Crippen molar-refractivity contribution in [2.75, 3.05) is 0 Å². The number of carboxylic acid groups (broad SMARTS) is 1. The Hall–Kier alpha value is -1.27. The number of benzene rings is 1. The van der Waals surface area contributed by atoms with E-state index in [9.17, 15) is 18.0 Å². The van der Waals surface area contributed by atoms with Gasteiger partial charge in [-0.25, -0.2) is 0 Å². The molecule has 102 valence electrons. The molecular weight excluding hydrogens is 271 g/mol. The monoisotopic (exact) mass is 283 g/mol. The Morgan fingerprint density at radius 3 is 2.17 bits per heavy atom. The Kier molecular flexibility index (Phi) is 6.14. The molecule has 0 aliphatic rings. The summed E-state index contributed by atoms with van der Waals surface area (Å²) >= 11 is 0. The molecule has 0 radical (unpaired) electrons. The van der Waals surface area contributed by atoms with Gasteiger partial charge in [0.25, 0.3) is 0 Å². The number of carboxylic acids is 1. The fourth-order valence-corrected chi connectivity index (χ4v) is 1.31. The molecule has 1 atom stereocenters. The number of alkyl halides is 3. The van der Waals surface area contributed by atoms with Crippen molar-refractivity contribution < 1.29 is 23.1 Å². The van der Waals surface area contributed by atoms with Crippen LogP contribution in [-0.4, -0.2) is 17.1 Å². The molecule has 1 aromatic carbocycles. The van der Waals surface area contributed by atoms with Crippen molar-refractivity contribution in [3.8, 4) is 0 Å². The number of rotatable bonds is 4. The van der Waals surface area contributed by atoms with Crippen LogP contribution in [0.3, 0.4) is 0 Å². The van der Waals surface area contributed by atoms with Gasteiger partial charge in [-0.2, -0.15) is 13.2 Å². The first-order valence-corrected chi connectivity index (χ1v) is 4.95. The van der Waals surface area contributed by atoms with Crippen LogP contribution >= 0.6 is 12.4 Å². The summed E-state index contributed by atoms with van der Waals surface area (Å²) in [4.78, 5) is 10.4. The Bertz CT molecular complexity index is 392. The molecule has 1 rings (SSSR count). The Morgan fingerprint density at radius 1 is 1.28 bits per heavy atom. The van der Waals surface area contributed by atoms with Crippen LogP contribution in [0.1, 0.15) is 17.5 Å². The molecule has 0 fully saturated rings. The zero-order valence-corrected chi connectivity index (χ0v) is 10.1. The Labute approximate surface area is 108 Å². The van der Waals surface area contributed by atoms with E-state index < -0.39 is 23.8 Å². The van der Waals surface area contributed by atoms with E-state index in [-0.39, 0.29) is 18.8 Å². The molecule has 0 saturated heterocycles. The first kappa shape index (κ1) is 16.7. The number of hydrogen-bond donors (Lipinski definition) is 2. The summed E-state index contributed by atoms with van der Waals surface area (Å²) in [5.41, 5.74) is 5.20. The molecule has 7 heteroatoms. The van der Waals surface area contributed by atoms with Crippen LogP contribution in [0, 0.1) is 0 Å². The lowest BCUT2D eigenvalue weighted by Crippen LogP contribution is -2.30. The second kappa shape index (κ2) is 6.61. The third-order valence-corrected chi connectivity index (χ3v) is 2.34. The molecule has 0 saturated carbocycles. The largest absolute Gasteiger partial charge is 0.480 e. The maximum absolute atomic E-state index is 12.2. The van der Waals surface area contributed by atoms with E-state index in [1.807, 2.05) is 0 Å². The van der Waals surface area contributed by atoms with E-state index in [4.69, 9.17) is 10.8 Å². The van der Waals surface area contributed by atoms with Gasteiger partial charge in [0, 0.05) is 0 Å². The zero-order chi connectivity index (χ0) is 13.1. The summed E-state index contributed by atoms with van der Waals surface area (Å²) in [5.74, 6) is -1.11. The van der Waals surface area contributed by atoms with Gasteiger partial charge in [-0.05, 0) is 30.5 Å². The maximum atomic E-state index is 12.2. The highest BCUT2D eigenvalue weighted by Gasteiger charge is 2.29. The van der Waals surface area contributed by atoms with Crippen molar-refractivity contribution in [1.82, 2.24) is 0 Å². The predicted octanol–water partition coefficient (Wildman–Crippen LogP) is 2.47. The lowest BCUT2D eigenvalue weighted by atomic mass is 10.0. The standard InChI is InChI=1S/C11H12F3NO2.ClH/c12-11(13,14)8-4-1-7(2-5-8)3-6-9(15)10(16)17;/h1-2,4-5,9H,3,6,15H2,(H,16,17);1H/t9-;/m1./s1. The lowest BCUT2D eigenvalue weighted by Gasteiger charge is -2.08. The first-order valence-electron chi connectivity index (χ1n) is 4.95. The molecule has 0 bridgehead atoms. The number of nitrogens with two attached hydrogens (primary N) is 1. The molecule has 0 aliphatic heterocycles. The minimum absolute atomic E-state index is 0. The number of carbonyl (C=O) groups is 1. The SMILES string of the molecule is Cl.N[C@H](CCc1ccc(C(F)(F)F)cc1)C(=O)O. The zero-order valence-electron chi connectivity index (χ0n) is 9.28. The molecule has 18 heavy (non-hydrogen) atoms. The third kappa shape index (κ3) is 4.93. The van der Waals surface area contributed by atoms with Crippen LogP contribution in [0.4, 0.5) is 13.2 Å². The van der Waals surface area contributed by atoms with E-state index in [0.717, 1.165) is 12.1 Å². The van der Waals surface area contributed by atoms with Crippen molar-refractivity contribution in [3.05, 3.63) is 35.4 Å². The summed E-state index contributed by atoms with van der Waals surface area (Å²) in [6.07, 6.45) is -3.82. The molecule has 0 amide bonds. The van der Waals surface area contributed by atoms with Gasteiger partial charge in [0.1, 0.15) is 6.04 Å². The van der Waals surface area contributed by atoms with Gasteiger partial charge in [-0.1, -0.05) is 12.1 Å². The fourth-order valence-electron chi connectivity index (χ4n) is 1.31. The van der Waals surface area contributed by atoms with Gasteiger partial charge < -0.3 is 10.8 Å². The van der Waals surface area contributed by atoms with E-state index in [1.165, 1.54) is 12.1 Å². The van der Waals surface area contributed by atoms with Gasteiger partial charge in [0.05, 0.1) is 5.56 Å². The van der Waals surface area contributed by atoms with Gasteiger partial charge in [-0.15, -0.1) is 12.4 Å². The van der Waals surface area contributed by atoms with Crippen LogP contribution in [0.2, 0.25) is 0 Å². The number of aryl methyl sites for hydroxylation is 1. The number of hydrogen-bond acceptors (Lipinski definition) is 2. The molecule has 0 aromatic heterocycles. The smallest absolute Gasteiger partial charge is 0.416 e. The topological polar surface area (TPSA) is 63.3 Å². The first-order chi connectivity index (χ1) is 7.80. The fraction of sp³-hybridized carbons (Fsp3) is 0.364. The summed E-state index contributed by atoms with van der Waals surface area (Å²) < 4.78 is 36.7. The quantitative estimate of drug-likeness (QED) is 0.892. The highest BCUT2D eigenvalue weighted by molar-refractivity contribution is 5.85. The van der Waals surface area contributed by atoms with Crippen molar-refractivity contribution >= 4 is 18.4 Å². The lowest BCUT2D eigenvalue weighted by molar-refractivity contribution is -0.139. The van der Waals surface area contributed by atoms with E-state index >= 15 is 0 Å². The number of halogens is 4. The normalized spacial score (nSPS) is 12.7. The van der Waals surface area contributed by atoms with Crippen LogP contribution < -0.4 is 5.73 Å². The third-order valence-electron chi connectivity index (χ3n) is 2.34. The van der Waals surface area contributed by atoms with Gasteiger partial charge in [0.15, 0.2) is 0 Å². The average molecular weight is 284 g/mol. The molecule has 0 aliphatic carbocycles. The minimum Gasteiger partial charge on any atom is -0.480 e. The highest BCUT2D eigenvalue weighted by atomic mass is 35.5. The predicted molar refractivity (Wildman–Crippen MR) is 62.6 cm³/mol. The van der Waals surface area contributed by atoms with Crippen molar-refractivity contribution in [2.45, 2.75) is 25.1 Å². The Morgan fingerprint density at radius 2 is 1.78 bits per heavy atom. The second-order valence-corrected chi connectivity index (χ2v) is 3.68. The van der Waals surface area contributed by atoms with Crippen LogP contribution in [0.25, 0.3) is 0 Å². The van der Waals surface area contributed by atoms with E-state index in [0.29, 0.717) is 12.0 Å². The summed E-state index contributed by atoms with van der Waals surface area (Å²) in [6.45, 7) is 0. The highest BCUT2D eigenvalue weighted by Crippen LogP contribution is 2.29. The van der Waals surface area contributed by atoms with Crippen molar-refractivity contribution in [3.63, 3.8) is 0 Å². The number of aliphatic carboxylic acids is 1. The minimum atomic E-state index is -4.35. The average Bonchev–Trinajstić information content (AvgIpc) is 2.25. The Balaban J connectivity index is 0.00000289. The molecule has 1 aromatic rings. The molecule has 0 unspecified atom stereocenters. The van der Waals surface area contributed by atoms with Crippen LogP contribution in [-0.2, 0) is 17.4 Å². The maximum Gasteiger partial charge on any atom is 0.416 e. The molecule has 3 nitrogen and oxygen atoms in total. The summed E-state index contributed by atoms with van der Waals surface area (Å²) in [7, 11) is 0. The summed E-state index contributed by atoms with van der Waals surface area (Å²) in [6, 6.07) is 3.62. The summed E-state index contributed by atoms with van der Waals surface area (Å²) in [5, 5.41) is 8.54. The van der Waals surface area contributed by atoms with Gasteiger partial charge >= 0.3 is 12.1 Å².